The highest BCUT2D eigenvalue weighted by Gasteiger charge is 2.53. The van der Waals surface area contributed by atoms with Crippen molar-refractivity contribution in [3.8, 4) is 6.07 Å². The van der Waals surface area contributed by atoms with Gasteiger partial charge in [-0.2, -0.15) is 5.26 Å². The van der Waals surface area contributed by atoms with Gasteiger partial charge in [-0.15, -0.1) is 0 Å². The third-order valence-corrected chi connectivity index (χ3v) is 4.12. The van der Waals surface area contributed by atoms with E-state index in [0.29, 0.717) is 5.92 Å². The van der Waals surface area contributed by atoms with Crippen molar-refractivity contribution in [1.29, 1.82) is 5.26 Å². The Morgan fingerprint density at radius 1 is 1.33 bits per heavy atom. The van der Waals surface area contributed by atoms with Gasteiger partial charge < -0.3 is 0 Å². The van der Waals surface area contributed by atoms with E-state index in [1.807, 2.05) is 0 Å². The van der Waals surface area contributed by atoms with Crippen LogP contribution in [0.2, 0.25) is 0 Å². The molecule has 0 radical (unpaired) electrons. The molecular formula is C14H15N. The Morgan fingerprint density at radius 2 is 2.07 bits per heavy atom. The zero-order chi connectivity index (χ0) is 10.5. The van der Waals surface area contributed by atoms with Crippen molar-refractivity contribution in [2.45, 2.75) is 38.0 Å². The number of benzene rings is 1. The summed E-state index contributed by atoms with van der Waals surface area (Å²) in [5, 5.41) is 9.28. The van der Waals surface area contributed by atoms with Crippen molar-refractivity contribution in [3.63, 3.8) is 0 Å². The fourth-order valence-corrected chi connectivity index (χ4v) is 2.90. The number of rotatable bonds is 1. The molecule has 1 heteroatoms. The standard InChI is InChI=1S/C14H15N/c1-10-8-14(10,9-15)13-6-5-11-3-2-4-12(11)7-13/h5-7,10H,2-4,8H2,1H3. The summed E-state index contributed by atoms with van der Waals surface area (Å²) in [7, 11) is 0. The van der Waals surface area contributed by atoms with Crippen molar-refractivity contribution < 1.29 is 0 Å². The minimum Gasteiger partial charge on any atom is -0.197 e. The van der Waals surface area contributed by atoms with Crippen LogP contribution in [0.4, 0.5) is 0 Å². The number of aryl methyl sites for hydroxylation is 2. The summed E-state index contributed by atoms with van der Waals surface area (Å²) in [4.78, 5) is 0. The molecule has 1 aromatic carbocycles. The van der Waals surface area contributed by atoms with Crippen LogP contribution in [0, 0.1) is 17.2 Å². The molecule has 1 saturated carbocycles. The van der Waals surface area contributed by atoms with Gasteiger partial charge in [0.1, 0.15) is 0 Å². The van der Waals surface area contributed by atoms with Gasteiger partial charge >= 0.3 is 0 Å². The molecule has 2 aliphatic carbocycles. The topological polar surface area (TPSA) is 23.8 Å². The predicted molar refractivity (Wildman–Crippen MR) is 59.5 cm³/mol. The largest absolute Gasteiger partial charge is 0.197 e. The van der Waals surface area contributed by atoms with E-state index >= 15 is 0 Å². The molecule has 2 unspecified atom stereocenters. The van der Waals surface area contributed by atoms with Crippen LogP contribution < -0.4 is 0 Å². The van der Waals surface area contributed by atoms with E-state index in [2.05, 4.69) is 31.2 Å². The number of fused-ring (bicyclic) bond motifs is 1. The Hall–Kier alpha value is -1.29. The summed E-state index contributed by atoms with van der Waals surface area (Å²) in [5.41, 5.74) is 4.11. The quantitative estimate of drug-likeness (QED) is 0.679. The molecule has 0 aromatic heterocycles. The van der Waals surface area contributed by atoms with Gasteiger partial charge in [0.25, 0.3) is 0 Å². The molecule has 15 heavy (non-hydrogen) atoms. The molecule has 1 aromatic rings. The highest BCUT2D eigenvalue weighted by Crippen LogP contribution is 2.53. The summed E-state index contributed by atoms with van der Waals surface area (Å²) >= 11 is 0. The molecule has 1 nitrogen and oxygen atoms in total. The monoisotopic (exact) mass is 197 g/mol. The van der Waals surface area contributed by atoms with Crippen molar-refractivity contribution in [1.82, 2.24) is 0 Å². The second-order valence-electron chi connectivity index (χ2n) is 5.03. The number of hydrogen-bond acceptors (Lipinski definition) is 1. The zero-order valence-corrected chi connectivity index (χ0v) is 9.09. The Morgan fingerprint density at radius 3 is 2.73 bits per heavy atom. The summed E-state index contributed by atoms with van der Waals surface area (Å²) in [6.07, 6.45) is 4.76. The average Bonchev–Trinajstić information content (AvgIpc) is 2.74. The second-order valence-corrected chi connectivity index (χ2v) is 5.03. The lowest BCUT2D eigenvalue weighted by atomic mass is 9.92. The SMILES string of the molecule is CC1CC1(C#N)c1ccc2c(c1)CCC2. The molecule has 0 bridgehead atoms. The lowest BCUT2D eigenvalue weighted by Crippen LogP contribution is -2.06. The van der Waals surface area contributed by atoms with Crippen molar-refractivity contribution in [2.24, 2.45) is 5.92 Å². The summed E-state index contributed by atoms with van der Waals surface area (Å²) < 4.78 is 0. The predicted octanol–water partition coefficient (Wildman–Crippen LogP) is 2.98. The fourth-order valence-electron chi connectivity index (χ4n) is 2.90. The molecule has 2 atom stereocenters. The lowest BCUT2D eigenvalue weighted by molar-refractivity contribution is 0.790. The normalized spacial score (nSPS) is 32.1. The molecule has 0 spiro atoms. The van der Waals surface area contributed by atoms with Crippen LogP contribution in [0.3, 0.4) is 0 Å². The molecular weight excluding hydrogens is 182 g/mol. The summed E-state index contributed by atoms with van der Waals surface area (Å²) in [5.74, 6) is 0.543. The minimum absolute atomic E-state index is 0.141. The number of nitriles is 1. The molecule has 0 saturated heterocycles. The van der Waals surface area contributed by atoms with Crippen molar-refractivity contribution >= 4 is 0 Å². The van der Waals surface area contributed by atoms with Gasteiger partial charge in [0.15, 0.2) is 0 Å². The van der Waals surface area contributed by atoms with Gasteiger partial charge in [-0.05, 0) is 48.3 Å². The Kier molecular flexibility index (Phi) is 1.71. The highest BCUT2D eigenvalue weighted by molar-refractivity contribution is 5.46. The van der Waals surface area contributed by atoms with E-state index in [0.717, 1.165) is 6.42 Å². The average molecular weight is 197 g/mol. The van der Waals surface area contributed by atoms with Crippen LogP contribution in [-0.2, 0) is 18.3 Å². The van der Waals surface area contributed by atoms with E-state index < -0.39 is 0 Å². The summed E-state index contributed by atoms with van der Waals surface area (Å²) in [6, 6.07) is 9.21. The van der Waals surface area contributed by atoms with E-state index in [4.69, 9.17) is 0 Å². The number of nitrogens with zero attached hydrogens (tertiary/aromatic N) is 1. The van der Waals surface area contributed by atoms with Gasteiger partial charge in [0.05, 0.1) is 11.5 Å². The molecule has 0 aliphatic heterocycles. The second kappa shape index (κ2) is 2.85. The molecule has 76 valence electrons. The van der Waals surface area contributed by atoms with Crippen molar-refractivity contribution in [2.75, 3.05) is 0 Å². The Labute approximate surface area is 90.7 Å². The van der Waals surface area contributed by atoms with Gasteiger partial charge in [-0.1, -0.05) is 25.1 Å². The first-order valence-corrected chi connectivity index (χ1v) is 5.80. The lowest BCUT2D eigenvalue weighted by Gasteiger charge is -2.09. The molecule has 0 amide bonds. The van der Waals surface area contributed by atoms with Gasteiger partial charge in [-0.3, -0.25) is 0 Å². The fraction of sp³-hybridized carbons (Fsp3) is 0.500. The van der Waals surface area contributed by atoms with Gasteiger partial charge in [0, 0.05) is 0 Å². The van der Waals surface area contributed by atoms with Gasteiger partial charge in [0.2, 0.25) is 0 Å². The Balaban J connectivity index is 2.05. The molecule has 2 aliphatic rings. The van der Waals surface area contributed by atoms with Gasteiger partial charge in [-0.25, -0.2) is 0 Å². The van der Waals surface area contributed by atoms with E-state index in [9.17, 15) is 5.26 Å². The highest BCUT2D eigenvalue weighted by atomic mass is 14.6. The van der Waals surface area contributed by atoms with E-state index in [1.165, 1.54) is 36.0 Å². The van der Waals surface area contributed by atoms with Crippen LogP contribution in [0.5, 0.6) is 0 Å². The van der Waals surface area contributed by atoms with Crippen LogP contribution >= 0.6 is 0 Å². The van der Waals surface area contributed by atoms with Crippen LogP contribution in [0.1, 0.15) is 36.5 Å². The van der Waals surface area contributed by atoms with Crippen molar-refractivity contribution in [3.05, 3.63) is 34.9 Å². The first-order valence-electron chi connectivity index (χ1n) is 5.80. The molecule has 1 fully saturated rings. The smallest absolute Gasteiger partial charge is 0.0851 e. The summed E-state index contributed by atoms with van der Waals surface area (Å²) in [6.45, 7) is 2.18. The zero-order valence-electron chi connectivity index (χ0n) is 9.09. The van der Waals surface area contributed by atoms with E-state index in [1.54, 1.807) is 0 Å². The third-order valence-electron chi connectivity index (χ3n) is 4.12. The van der Waals surface area contributed by atoms with Crippen LogP contribution in [-0.4, -0.2) is 0 Å². The minimum atomic E-state index is -0.141. The maximum Gasteiger partial charge on any atom is 0.0851 e. The first kappa shape index (κ1) is 8.97. The van der Waals surface area contributed by atoms with E-state index in [-0.39, 0.29) is 5.41 Å². The Bertz CT molecular complexity index is 455. The molecule has 0 N–H and O–H groups in total. The van der Waals surface area contributed by atoms with Crippen LogP contribution in [0.15, 0.2) is 18.2 Å². The third kappa shape index (κ3) is 1.14. The number of hydrogen-bond donors (Lipinski definition) is 0. The maximum atomic E-state index is 9.28. The van der Waals surface area contributed by atoms with Crippen LogP contribution in [0.25, 0.3) is 0 Å². The molecule has 0 heterocycles. The maximum absolute atomic E-state index is 9.28. The first-order chi connectivity index (χ1) is 7.26. The molecule has 3 rings (SSSR count).